The molecule has 1 saturated heterocycles. The fraction of sp³-hybridized carbons (Fsp3) is 0.400. The Kier molecular flexibility index (Phi) is 10.3. The van der Waals surface area contributed by atoms with Crippen LogP contribution >= 0.6 is 0 Å². The van der Waals surface area contributed by atoms with E-state index in [0.717, 1.165) is 53.1 Å². The molecule has 2 aromatic carbocycles. The molecule has 0 amide bonds. The highest BCUT2D eigenvalue weighted by molar-refractivity contribution is 6.12. The zero-order chi connectivity index (χ0) is 29.2. The Hall–Kier alpha value is -3.99. The minimum atomic E-state index is -4.64. The van der Waals surface area contributed by atoms with Crippen molar-refractivity contribution in [1.82, 2.24) is 19.9 Å². The van der Waals surface area contributed by atoms with Gasteiger partial charge in [-0.2, -0.15) is 13.2 Å². The van der Waals surface area contributed by atoms with Crippen LogP contribution in [-0.2, 0) is 16.0 Å². The first kappa shape index (κ1) is 30.0. The van der Waals surface area contributed by atoms with Crippen LogP contribution in [-0.4, -0.2) is 71.1 Å². The molecule has 1 fully saturated rings. The summed E-state index contributed by atoms with van der Waals surface area (Å²) in [5.41, 5.74) is 3.33. The summed E-state index contributed by atoms with van der Waals surface area (Å²) in [7, 11) is 0. The minimum absolute atomic E-state index is 0.319. The molecule has 11 heteroatoms. The van der Waals surface area contributed by atoms with E-state index >= 15 is 0 Å². The lowest BCUT2D eigenvalue weighted by Crippen LogP contribution is -2.31. The second kappa shape index (κ2) is 14.1. The van der Waals surface area contributed by atoms with Crippen molar-refractivity contribution in [3.8, 4) is 0 Å². The first-order chi connectivity index (χ1) is 19.8. The number of ether oxygens (including phenoxy) is 1. The number of piperidine rings is 1. The average Bonchev–Trinajstić information content (AvgIpc) is 3.34. The number of nitrogens with zero attached hydrogens (tertiary/aromatic N) is 3. The predicted molar refractivity (Wildman–Crippen MR) is 152 cm³/mol. The van der Waals surface area contributed by atoms with Gasteiger partial charge in [-0.3, -0.25) is 4.79 Å². The number of aromatic nitrogens is 3. The number of likely N-dealkylation sites (tertiary alicyclic amines) is 1. The first-order valence-electron chi connectivity index (χ1n) is 13.8. The lowest BCUT2D eigenvalue weighted by atomic mass is 10.1. The SMILES string of the molecule is CCOC(=O)c1ccc2c(c1)[nH]c1nc(Cc3ccccc3)nc(NCCCN3CCCCC3)c12.O=CC(F)(F)F. The molecule has 1 aliphatic rings. The summed E-state index contributed by atoms with van der Waals surface area (Å²) < 4.78 is 36.4. The Bertz CT molecular complexity index is 1450. The number of hydrogen-bond donors (Lipinski definition) is 2. The van der Waals surface area contributed by atoms with Crippen molar-refractivity contribution in [3.63, 3.8) is 0 Å². The molecule has 0 saturated carbocycles. The van der Waals surface area contributed by atoms with Crippen molar-refractivity contribution in [3.05, 3.63) is 65.5 Å². The van der Waals surface area contributed by atoms with Gasteiger partial charge in [-0.1, -0.05) is 42.8 Å². The van der Waals surface area contributed by atoms with Gasteiger partial charge in [0.25, 0.3) is 0 Å². The Morgan fingerprint density at radius 1 is 1.10 bits per heavy atom. The van der Waals surface area contributed by atoms with Crippen molar-refractivity contribution >= 4 is 40.0 Å². The number of fused-ring (bicyclic) bond motifs is 3. The van der Waals surface area contributed by atoms with Gasteiger partial charge in [0, 0.05) is 23.9 Å². The van der Waals surface area contributed by atoms with E-state index in [2.05, 4.69) is 27.3 Å². The van der Waals surface area contributed by atoms with Crippen LogP contribution < -0.4 is 5.32 Å². The summed E-state index contributed by atoms with van der Waals surface area (Å²) in [4.78, 5) is 36.7. The van der Waals surface area contributed by atoms with E-state index in [-0.39, 0.29) is 5.97 Å². The molecule has 0 unspecified atom stereocenters. The highest BCUT2D eigenvalue weighted by atomic mass is 19.4. The third kappa shape index (κ3) is 8.50. The number of H-pyrrole nitrogens is 1. The summed E-state index contributed by atoms with van der Waals surface area (Å²) in [5.74, 6) is 1.29. The van der Waals surface area contributed by atoms with Crippen molar-refractivity contribution in [2.45, 2.75) is 45.2 Å². The largest absolute Gasteiger partial charge is 0.462 e. The van der Waals surface area contributed by atoms with Crippen molar-refractivity contribution in [2.24, 2.45) is 0 Å². The number of aromatic amines is 1. The number of nitrogens with one attached hydrogen (secondary N) is 2. The molecule has 3 heterocycles. The number of rotatable bonds is 9. The molecule has 0 radical (unpaired) electrons. The van der Waals surface area contributed by atoms with Gasteiger partial charge >= 0.3 is 12.1 Å². The topological polar surface area (TPSA) is 100 Å². The predicted octanol–water partition coefficient (Wildman–Crippen LogP) is 5.91. The molecule has 0 atom stereocenters. The quantitative estimate of drug-likeness (QED) is 0.147. The molecule has 0 spiro atoms. The monoisotopic (exact) mass is 569 g/mol. The lowest BCUT2D eigenvalue weighted by molar-refractivity contribution is -0.156. The number of alkyl halides is 3. The van der Waals surface area contributed by atoms with Crippen molar-refractivity contribution in [1.29, 1.82) is 0 Å². The van der Waals surface area contributed by atoms with Crippen LogP contribution in [0.1, 0.15) is 54.4 Å². The van der Waals surface area contributed by atoms with E-state index in [0.29, 0.717) is 18.6 Å². The fourth-order valence-corrected chi connectivity index (χ4v) is 4.87. The van der Waals surface area contributed by atoms with Crippen LogP contribution in [0.15, 0.2) is 48.5 Å². The molecule has 2 N–H and O–H groups in total. The van der Waals surface area contributed by atoms with E-state index < -0.39 is 12.5 Å². The number of carbonyl (C=O) groups excluding carboxylic acids is 2. The maximum Gasteiger partial charge on any atom is 0.446 e. The highest BCUT2D eigenvalue weighted by Crippen LogP contribution is 2.31. The molecule has 4 aromatic rings. The van der Waals surface area contributed by atoms with Gasteiger partial charge in [0.05, 0.1) is 17.6 Å². The Morgan fingerprint density at radius 2 is 1.83 bits per heavy atom. The van der Waals surface area contributed by atoms with Gasteiger partial charge in [-0.25, -0.2) is 14.8 Å². The van der Waals surface area contributed by atoms with E-state index in [1.165, 1.54) is 37.9 Å². The van der Waals surface area contributed by atoms with E-state index in [1.54, 1.807) is 0 Å². The summed E-state index contributed by atoms with van der Waals surface area (Å²) in [6.45, 7) is 6.54. The second-order valence-electron chi connectivity index (χ2n) is 9.82. The zero-order valence-corrected chi connectivity index (χ0v) is 23.0. The van der Waals surface area contributed by atoms with Gasteiger partial charge in [0.2, 0.25) is 6.29 Å². The molecule has 2 aromatic heterocycles. The van der Waals surface area contributed by atoms with Crippen LogP contribution in [0.3, 0.4) is 0 Å². The van der Waals surface area contributed by atoms with E-state index in [9.17, 15) is 18.0 Å². The van der Waals surface area contributed by atoms with Crippen LogP contribution in [0.25, 0.3) is 21.9 Å². The van der Waals surface area contributed by atoms with Crippen molar-refractivity contribution < 1.29 is 27.5 Å². The highest BCUT2D eigenvalue weighted by Gasteiger charge is 2.25. The Balaban J connectivity index is 0.000000585. The number of esters is 1. The van der Waals surface area contributed by atoms with Crippen molar-refractivity contribution in [2.75, 3.05) is 38.1 Å². The number of carbonyl (C=O) groups is 2. The normalized spacial score (nSPS) is 14.0. The summed E-state index contributed by atoms with van der Waals surface area (Å²) in [5, 5.41) is 5.56. The summed E-state index contributed by atoms with van der Waals surface area (Å²) >= 11 is 0. The second-order valence-corrected chi connectivity index (χ2v) is 9.82. The van der Waals surface area contributed by atoms with Crippen LogP contribution in [0.4, 0.5) is 19.0 Å². The fourth-order valence-electron chi connectivity index (χ4n) is 4.87. The molecule has 8 nitrogen and oxygen atoms in total. The van der Waals surface area contributed by atoms with Gasteiger partial charge in [0.1, 0.15) is 17.3 Å². The Labute approximate surface area is 236 Å². The zero-order valence-electron chi connectivity index (χ0n) is 23.0. The third-order valence-electron chi connectivity index (χ3n) is 6.74. The van der Waals surface area contributed by atoms with Crippen LogP contribution in [0.5, 0.6) is 0 Å². The molecule has 1 aliphatic heterocycles. The summed E-state index contributed by atoms with van der Waals surface area (Å²) in [6.07, 6.45) is -0.00126. The maximum absolute atomic E-state index is 12.3. The van der Waals surface area contributed by atoms with Gasteiger partial charge in [0.15, 0.2) is 0 Å². The number of hydrogen-bond acceptors (Lipinski definition) is 7. The van der Waals surface area contributed by atoms with Crippen LogP contribution in [0.2, 0.25) is 0 Å². The minimum Gasteiger partial charge on any atom is -0.462 e. The number of anilines is 1. The lowest BCUT2D eigenvalue weighted by Gasteiger charge is -2.26. The van der Waals surface area contributed by atoms with E-state index in [1.807, 2.05) is 43.3 Å². The molecular weight excluding hydrogens is 535 g/mol. The average molecular weight is 570 g/mol. The molecule has 218 valence electrons. The van der Waals surface area contributed by atoms with Gasteiger partial charge < -0.3 is 19.9 Å². The third-order valence-corrected chi connectivity index (χ3v) is 6.74. The van der Waals surface area contributed by atoms with Gasteiger partial charge in [-0.05, 0) is 63.5 Å². The number of halogens is 3. The molecular formula is C30H34F3N5O3. The van der Waals surface area contributed by atoms with E-state index in [4.69, 9.17) is 19.5 Å². The molecule has 5 rings (SSSR count). The van der Waals surface area contributed by atoms with Gasteiger partial charge in [-0.15, -0.1) is 0 Å². The number of aldehydes is 1. The number of benzene rings is 2. The molecule has 41 heavy (non-hydrogen) atoms. The standard InChI is InChI=1S/C28H33N5O2.C2HF3O/c1-2-35-28(34)21-12-13-22-23(19-21)30-27-25(22)26(29-14-9-17-33-15-7-4-8-16-33)31-24(32-27)18-20-10-5-3-6-11-20;3-2(4,5)1-6/h3,5-6,10-13,19H,2,4,7-9,14-18H2,1H3,(H2,29,30,31,32);1H. The first-order valence-corrected chi connectivity index (χ1v) is 13.8. The Morgan fingerprint density at radius 3 is 2.51 bits per heavy atom. The maximum atomic E-state index is 12.3. The molecule has 0 aliphatic carbocycles. The van der Waals surface area contributed by atoms with Crippen LogP contribution in [0, 0.1) is 0 Å². The summed E-state index contributed by atoms with van der Waals surface area (Å²) in [6, 6.07) is 15.9. The molecule has 0 bridgehead atoms. The smallest absolute Gasteiger partial charge is 0.446 e.